The standard InChI is InChI=1S/C19H35NO2Si/c1-15(12-13-22-23(8,9)19(2,3)4)17-11-10-16(20(5)6)14-18(17)21-7/h10-11,14-15H,12-13H2,1-9H3/t15-/m1/s1. The Balaban J connectivity index is 2.74. The second-order valence-electron chi connectivity index (χ2n) is 8.12. The molecule has 0 N–H and O–H groups in total. The third kappa shape index (κ3) is 5.25. The van der Waals surface area contributed by atoms with Crippen molar-refractivity contribution in [2.75, 3.05) is 32.7 Å². The highest BCUT2D eigenvalue weighted by Crippen LogP contribution is 2.37. The molecule has 1 atom stereocenters. The van der Waals surface area contributed by atoms with Crippen LogP contribution in [0.1, 0.15) is 45.6 Å². The van der Waals surface area contributed by atoms with Gasteiger partial charge in [0.2, 0.25) is 0 Å². The Kier molecular flexibility index (Phi) is 6.72. The van der Waals surface area contributed by atoms with Gasteiger partial charge in [-0.2, -0.15) is 0 Å². The number of hydrogen-bond acceptors (Lipinski definition) is 3. The number of methoxy groups -OCH3 is 1. The summed E-state index contributed by atoms with van der Waals surface area (Å²) >= 11 is 0. The second-order valence-corrected chi connectivity index (χ2v) is 12.9. The van der Waals surface area contributed by atoms with Crippen LogP contribution in [0, 0.1) is 0 Å². The van der Waals surface area contributed by atoms with Crippen LogP contribution in [-0.2, 0) is 4.43 Å². The van der Waals surface area contributed by atoms with Gasteiger partial charge in [0.05, 0.1) is 7.11 Å². The fraction of sp³-hybridized carbons (Fsp3) is 0.684. The first-order valence-corrected chi connectivity index (χ1v) is 11.4. The normalized spacial score (nSPS) is 13.8. The van der Waals surface area contributed by atoms with Gasteiger partial charge in [0.15, 0.2) is 8.32 Å². The summed E-state index contributed by atoms with van der Waals surface area (Å²) in [5.74, 6) is 1.39. The van der Waals surface area contributed by atoms with Crippen molar-refractivity contribution in [3.8, 4) is 5.75 Å². The van der Waals surface area contributed by atoms with Gasteiger partial charge in [0.1, 0.15) is 5.75 Å². The lowest BCUT2D eigenvalue weighted by molar-refractivity contribution is 0.273. The Morgan fingerprint density at radius 3 is 2.26 bits per heavy atom. The zero-order valence-corrected chi connectivity index (χ0v) is 17.5. The highest BCUT2D eigenvalue weighted by atomic mass is 28.4. The average Bonchev–Trinajstić information content (AvgIpc) is 2.44. The van der Waals surface area contributed by atoms with Crippen LogP contribution in [0.5, 0.6) is 5.75 Å². The molecule has 0 spiro atoms. The largest absolute Gasteiger partial charge is 0.496 e. The minimum absolute atomic E-state index is 0.265. The Morgan fingerprint density at radius 2 is 1.78 bits per heavy atom. The zero-order valence-electron chi connectivity index (χ0n) is 16.5. The van der Waals surface area contributed by atoms with E-state index in [0.717, 1.165) is 24.5 Å². The molecule has 23 heavy (non-hydrogen) atoms. The van der Waals surface area contributed by atoms with Crippen LogP contribution in [0.3, 0.4) is 0 Å². The predicted molar refractivity (Wildman–Crippen MR) is 104 cm³/mol. The molecule has 0 fully saturated rings. The van der Waals surface area contributed by atoms with Gasteiger partial charge in [0.25, 0.3) is 0 Å². The number of nitrogens with zero attached hydrogens (tertiary/aromatic N) is 1. The van der Waals surface area contributed by atoms with Gasteiger partial charge in [-0.25, -0.2) is 0 Å². The number of benzene rings is 1. The van der Waals surface area contributed by atoms with Gasteiger partial charge in [-0.05, 0) is 42.1 Å². The molecule has 0 saturated heterocycles. The molecule has 0 amide bonds. The lowest BCUT2D eigenvalue weighted by Gasteiger charge is -2.36. The van der Waals surface area contributed by atoms with Gasteiger partial charge in [-0.3, -0.25) is 0 Å². The highest BCUT2D eigenvalue weighted by Gasteiger charge is 2.36. The minimum atomic E-state index is -1.66. The summed E-state index contributed by atoms with van der Waals surface area (Å²) in [6, 6.07) is 6.45. The number of anilines is 1. The molecule has 0 bridgehead atoms. The van der Waals surface area contributed by atoms with Crippen LogP contribution in [0.2, 0.25) is 18.1 Å². The summed E-state index contributed by atoms with van der Waals surface area (Å²) in [5, 5.41) is 0.265. The van der Waals surface area contributed by atoms with Crippen molar-refractivity contribution in [3.05, 3.63) is 23.8 Å². The Hall–Kier alpha value is -1.00. The van der Waals surface area contributed by atoms with Crippen molar-refractivity contribution < 1.29 is 9.16 Å². The van der Waals surface area contributed by atoms with Crippen molar-refractivity contribution in [1.82, 2.24) is 0 Å². The molecule has 0 saturated carbocycles. The van der Waals surface area contributed by atoms with E-state index < -0.39 is 8.32 Å². The molecule has 0 aromatic heterocycles. The maximum Gasteiger partial charge on any atom is 0.191 e. The maximum absolute atomic E-state index is 6.31. The van der Waals surface area contributed by atoms with Gasteiger partial charge in [-0.15, -0.1) is 0 Å². The summed E-state index contributed by atoms with van der Waals surface area (Å²) in [4.78, 5) is 2.09. The molecule has 0 aliphatic carbocycles. The molecule has 132 valence electrons. The SMILES string of the molecule is COc1cc(N(C)C)ccc1[C@H](C)CCO[Si](C)(C)C(C)(C)C. The summed E-state index contributed by atoms with van der Waals surface area (Å²) in [5.41, 5.74) is 2.42. The maximum atomic E-state index is 6.31. The Morgan fingerprint density at radius 1 is 1.17 bits per heavy atom. The smallest absolute Gasteiger partial charge is 0.191 e. The van der Waals surface area contributed by atoms with Crippen molar-refractivity contribution in [3.63, 3.8) is 0 Å². The Labute approximate surface area is 144 Å². The van der Waals surface area contributed by atoms with Crippen LogP contribution < -0.4 is 9.64 Å². The molecule has 1 rings (SSSR count). The van der Waals surface area contributed by atoms with Crippen LogP contribution in [-0.4, -0.2) is 36.1 Å². The third-order valence-electron chi connectivity index (χ3n) is 5.08. The Bertz CT molecular complexity index is 507. The van der Waals surface area contributed by atoms with E-state index >= 15 is 0 Å². The topological polar surface area (TPSA) is 21.7 Å². The number of rotatable bonds is 7. The number of hydrogen-bond donors (Lipinski definition) is 0. The monoisotopic (exact) mass is 337 g/mol. The van der Waals surface area contributed by atoms with Crippen molar-refractivity contribution >= 4 is 14.0 Å². The lowest BCUT2D eigenvalue weighted by Crippen LogP contribution is -2.41. The van der Waals surface area contributed by atoms with E-state index in [0.29, 0.717) is 5.92 Å². The van der Waals surface area contributed by atoms with E-state index in [4.69, 9.17) is 9.16 Å². The fourth-order valence-corrected chi connectivity index (χ4v) is 3.31. The van der Waals surface area contributed by atoms with E-state index in [1.807, 2.05) is 14.1 Å². The molecule has 1 aromatic rings. The second kappa shape index (κ2) is 7.71. The molecular weight excluding hydrogens is 302 g/mol. The van der Waals surface area contributed by atoms with Crippen LogP contribution in [0.25, 0.3) is 0 Å². The summed E-state index contributed by atoms with van der Waals surface area (Å²) in [7, 11) is 4.18. The molecule has 4 heteroatoms. The van der Waals surface area contributed by atoms with Crippen molar-refractivity contribution in [1.29, 1.82) is 0 Å². The molecule has 0 unspecified atom stereocenters. The van der Waals surface area contributed by atoms with Crippen molar-refractivity contribution in [2.24, 2.45) is 0 Å². The molecule has 0 heterocycles. The molecule has 0 aliphatic rings. The quantitative estimate of drug-likeness (QED) is 0.632. The van der Waals surface area contributed by atoms with E-state index in [9.17, 15) is 0 Å². The molecule has 0 aliphatic heterocycles. The van der Waals surface area contributed by atoms with E-state index in [1.54, 1.807) is 7.11 Å². The minimum Gasteiger partial charge on any atom is -0.496 e. The van der Waals surface area contributed by atoms with E-state index in [2.05, 4.69) is 63.9 Å². The third-order valence-corrected chi connectivity index (χ3v) is 9.62. The van der Waals surface area contributed by atoms with E-state index in [1.165, 1.54) is 5.56 Å². The summed E-state index contributed by atoms with van der Waals surface area (Å²) < 4.78 is 11.9. The molecule has 0 radical (unpaired) electrons. The van der Waals surface area contributed by atoms with Gasteiger partial charge >= 0.3 is 0 Å². The van der Waals surface area contributed by atoms with E-state index in [-0.39, 0.29) is 5.04 Å². The first-order valence-electron chi connectivity index (χ1n) is 8.49. The molecule has 1 aromatic carbocycles. The zero-order chi connectivity index (χ0) is 17.8. The lowest BCUT2D eigenvalue weighted by atomic mass is 9.97. The summed E-state index contributed by atoms with van der Waals surface area (Å²) in [6.45, 7) is 14.5. The van der Waals surface area contributed by atoms with Gasteiger partial charge < -0.3 is 14.1 Å². The molecular formula is C19H35NO2Si. The average molecular weight is 338 g/mol. The highest BCUT2D eigenvalue weighted by molar-refractivity contribution is 6.74. The van der Waals surface area contributed by atoms with Gasteiger partial charge in [-0.1, -0.05) is 33.8 Å². The van der Waals surface area contributed by atoms with Gasteiger partial charge in [0, 0.05) is 32.5 Å². The van der Waals surface area contributed by atoms with Crippen LogP contribution in [0.4, 0.5) is 5.69 Å². The fourth-order valence-electron chi connectivity index (χ4n) is 2.25. The van der Waals surface area contributed by atoms with Crippen LogP contribution in [0.15, 0.2) is 18.2 Å². The van der Waals surface area contributed by atoms with Crippen molar-refractivity contribution in [2.45, 2.75) is 58.2 Å². The molecule has 3 nitrogen and oxygen atoms in total. The predicted octanol–water partition coefficient (Wildman–Crippen LogP) is 5.28. The number of ether oxygens (including phenoxy) is 1. The summed E-state index contributed by atoms with van der Waals surface area (Å²) in [6.07, 6.45) is 1.02. The van der Waals surface area contributed by atoms with Crippen LogP contribution >= 0.6 is 0 Å². The first-order chi connectivity index (χ1) is 10.5. The first kappa shape index (κ1) is 20.0.